The Hall–Kier alpha value is -2.99. The molecule has 6 nitrogen and oxygen atoms in total. The Morgan fingerprint density at radius 1 is 1.08 bits per heavy atom. The summed E-state index contributed by atoms with van der Waals surface area (Å²) in [5, 5.41) is 21.1. The van der Waals surface area contributed by atoms with E-state index in [0.29, 0.717) is 13.0 Å². The van der Waals surface area contributed by atoms with Crippen LogP contribution in [0.25, 0.3) is 5.69 Å². The number of aromatic nitrogens is 3. The Labute approximate surface area is 139 Å². The Bertz CT molecular complexity index is 787. The maximum Gasteiger partial charge on any atom is 0.273 e. The molecule has 3 aromatic rings. The Balaban J connectivity index is 1.53. The number of hydrogen-bond acceptors (Lipinski definition) is 4. The molecule has 0 saturated carbocycles. The lowest BCUT2D eigenvalue weighted by Crippen LogP contribution is -2.26. The lowest BCUT2D eigenvalue weighted by Gasteiger charge is -2.10. The molecule has 0 spiro atoms. The first-order valence-electron chi connectivity index (χ1n) is 7.73. The van der Waals surface area contributed by atoms with Gasteiger partial charge in [-0.05, 0) is 24.1 Å². The van der Waals surface area contributed by atoms with Crippen LogP contribution in [0.2, 0.25) is 0 Å². The predicted octanol–water partition coefficient (Wildman–Crippen LogP) is 2.12. The number of nitrogens with one attached hydrogen (secondary N) is 1. The average Bonchev–Trinajstić information content (AvgIpc) is 3.13. The number of amides is 1. The van der Waals surface area contributed by atoms with Gasteiger partial charge in [0.05, 0.1) is 18.0 Å². The Morgan fingerprint density at radius 2 is 1.75 bits per heavy atom. The van der Waals surface area contributed by atoms with Gasteiger partial charge in [0.15, 0.2) is 5.69 Å². The van der Waals surface area contributed by atoms with Crippen LogP contribution in [0.1, 0.15) is 28.6 Å². The minimum absolute atomic E-state index is 0.244. The van der Waals surface area contributed by atoms with E-state index < -0.39 is 6.10 Å². The Morgan fingerprint density at radius 3 is 2.46 bits per heavy atom. The smallest absolute Gasteiger partial charge is 0.273 e. The highest BCUT2D eigenvalue weighted by atomic mass is 16.3. The number of aliphatic hydroxyl groups excluding tert-OH is 1. The van der Waals surface area contributed by atoms with E-state index in [9.17, 15) is 9.90 Å². The summed E-state index contributed by atoms with van der Waals surface area (Å²) in [6.07, 6.45) is 1.25. The zero-order chi connectivity index (χ0) is 16.8. The molecule has 1 aromatic heterocycles. The SMILES string of the molecule is O=C(NCCC(O)c1ccccc1)c1cnn(-c2ccccc2)n1. The van der Waals surface area contributed by atoms with Crippen LogP contribution in [0.15, 0.2) is 66.9 Å². The van der Waals surface area contributed by atoms with Crippen molar-refractivity contribution < 1.29 is 9.90 Å². The van der Waals surface area contributed by atoms with Gasteiger partial charge in [0.25, 0.3) is 5.91 Å². The van der Waals surface area contributed by atoms with Gasteiger partial charge in [-0.25, -0.2) is 0 Å². The molecule has 0 bridgehead atoms. The molecular formula is C18H18N4O2. The molecule has 0 aliphatic rings. The van der Waals surface area contributed by atoms with Gasteiger partial charge in [-0.1, -0.05) is 48.5 Å². The summed E-state index contributed by atoms with van der Waals surface area (Å²) in [6.45, 7) is 0.354. The molecule has 2 aromatic carbocycles. The summed E-state index contributed by atoms with van der Waals surface area (Å²) in [4.78, 5) is 13.5. The second kappa shape index (κ2) is 7.52. The largest absolute Gasteiger partial charge is 0.388 e. The molecule has 1 heterocycles. The van der Waals surface area contributed by atoms with Crippen LogP contribution >= 0.6 is 0 Å². The van der Waals surface area contributed by atoms with E-state index in [0.717, 1.165) is 11.3 Å². The van der Waals surface area contributed by atoms with Crippen molar-refractivity contribution >= 4 is 5.91 Å². The van der Waals surface area contributed by atoms with Gasteiger partial charge in [0.1, 0.15) is 0 Å². The molecule has 2 N–H and O–H groups in total. The zero-order valence-electron chi connectivity index (χ0n) is 13.0. The highest BCUT2D eigenvalue weighted by molar-refractivity contribution is 5.91. The molecule has 0 aliphatic carbocycles. The second-order valence-electron chi connectivity index (χ2n) is 5.33. The van der Waals surface area contributed by atoms with Gasteiger partial charge in [-0.2, -0.15) is 9.90 Å². The van der Waals surface area contributed by atoms with Gasteiger partial charge in [0.2, 0.25) is 0 Å². The molecule has 1 amide bonds. The fraction of sp³-hybridized carbons (Fsp3) is 0.167. The van der Waals surface area contributed by atoms with E-state index >= 15 is 0 Å². The number of benzene rings is 2. The minimum Gasteiger partial charge on any atom is -0.388 e. The molecule has 122 valence electrons. The number of carbonyl (C=O) groups is 1. The normalized spacial score (nSPS) is 11.9. The van der Waals surface area contributed by atoms with Crippen molar-refractivity contribution in [1.82, 2.24) is 20.3 Å². The van der Waals surface area contributed by atoms with Gasteiger partial charge in [0, 0.05) is 6.54 Å². The van der Waals surface area contributed by atoms with Crippen molar-refractivity contribution in [2.24, 2.45) is 0 Å². The van der Waals surface area contributed by atoms with Gasteiger partial charge >= 0.3 is 0 Å². The van der Waals surface area contributed by atoms with Crippen molar-refractivity contribution in [1.29, 1.82) is 0 Å². The highest BCUT2D eigenvalue weighted by Crippen LogP contribution is 2.14. The van der Waals surface area contributed by atoms with Gasteiger partial charge in [-0.3, -0.25) is 4.79 Å². The van der Waals surface area contributed by atoms with E-state index in [2.05, 4.69) is 15.5 Å². The van der Waals surface area contributed by atoms with Crippen molar-refractivity contribution in [2.45, 2.75) is 12.5 Å². The van der Waals surface area contributed by atoms with Crippen LogP contribution < -0.4 is 5.32 Å². The van der Waals surface area contributed by atoms with E-state index in [1.54, 1.807) is 0 Å². The molecule has 3 rings (SSSR count). The first kappa shape index (κ1) is 15.9. The first-order chi connectivity index (χ1) is 11.7. The van der Waals surface area contributed by atoms with Crippen LogP contribution in [0.4, 0.5) is 0 Å². The zero-order valence-corrected chi connectivity index (χ0v) is 13.0. The summed E-state index contributed by atoms with van der Waals surface area (Å²) in [5.41, 5.74) is 1.87. The highest BCUT2D eigenvalue weighted by Gasteiger charge is 2.12. The van der Waals surface area contributed by atoms with Crippen LogP contribution in [0.5, 0.6) is 0 Å². The molecule has 0 fully saturated rings. The van der Waals surface area contributed by atoms with Gasteiger partial charge in [-0.15, -0.1) is 5.10 Å². The number of aliphatic hydroxyl groups is 1. The molecule has 0 saturated heterocycles. The van der Waals surface area contributed by atoms with Crippen LogP contribution in [-0.4, -0.2) is 32.6 Å². The third-order valence-electron chi connectivity index (χ3n) is 3.60. The molecule has 24 heavy (non-hydrogen) atoms. The third kappa shape index (κ3) is 3.85. The molecule has 6 heteroatoms. The van der Waals surface area contributed by atoms with E-state index in [1.807, 2.05) is 60.7 Å². The van der Waals surface area contributed by atoms with Crippen LogP contribution in [0, 0.1) is 0 Å². The molecule has 1 atom stereocenters. The monoisotopic (exact) mass is 322 g/mol. The number of nitrogens with zero attached hydrogens (tertiary/aromatic N) is 3. The Kier molecular flexibility index (Phi) is 4.98. The molecule has 0 aliphatic heterocycles. The quantitative estimate of drug-likeness (QED) is 0.728. The summed E-state index contributed by atoms with van der Waals surface area (Å²) in [7, 11) is 0. The van der Waals surface area contributed by atoms with Crippen LogP contribution in [0.3, 0.4) is 0 Å². The fourth-order valence-electron chi connectivity index (χ4n) is 2.31. The van der Waals surface area contributed by atoms with Crippen molar-refractivity contribution in [2.75, 3.05) is 6.54 Å². The first-order valence-corrected chi connectivity index (χ1v) is 7.73. The van der Waals surface area contributed by atoms with Crippen molar-refractivity contribution in [3.05, 3.63) is 78.1 Å². The lowest BCUT2D eigenvalue weighted by molar-refractivity contribution is 0.0937. The maximum atomic E-state index is 12.1. The second-order valence-corrected chi connectivity index (χ2v) is 5.33. The standard InChI is InChI=1S/C18H18N4O2/c23-17(14-7-3-1-4-8-14)11-12-19-18(24)16-13-20-22(21-16)15-9-5-2-6-10-15/h1-10,13,17,23H,11-12H2,(H,19,24). The number of hydrogen-bond donors (Lipinski definition) is 2. The summed E-state index contributed by atoms with van der Waals surface area (Å²) >= 11 is 0. The van der Waals surface area contributed by atoms with Crippen molar-refractivity contribution in [3.63, 3.8) is 0 Å². The maximum absolute atomic E-state index is 12.1. The molecule has 1 unspecified atom stereocenters. The number of carbonyl (C=O) groups excluding carboxylic acids is 1. The van der Waals surface area contributed by atoms with E-state index in [4.69, 9.17) is 0 Å². The number of rotatable bonds is 6. The third-order valence-corrected chi connectivity index (χ3v) is 3.60. The van der Waals surface area contributed by atoms with Gasteiger partial charge < -0.3 is 10.4 Å². The minimum atomic E-state index is -0.605. The number of para-hydroxylation sites is 1. The predicted molar refractivity (Wildman–Crippen MR) is 89.7 cm³/mol. The van der Waals surface area contributed by atoms with Crippen molar-refractivity contribution in [3.8, 4) is 5.69 Å². The summed E-state index contributed by atoms with van der Waals surface area (Å²) in [5.74, 6) is -0.308. The lowest BCUT2D eigenvalue weighted by atomic mass is 10.1. The summed E-state index contributed by atoms with van der Waals surface area (Å²) < 4.78 is 0. The van der Waals surface area contributed by atoms with E-state index in [1.165, 1.54) is 11.0 Å². The van der Waals surface area contributed by atoms with Crippen LogP contribution in [-0.2, 0) is 0 Å². The fourth-order valence-corrected chi connectivity index (χ4v) is 2.31. The molecule has 0 radical (unpaired) electrons. The topological polar surface area (TPSA) is 80.0 Å². The average molecular weight is 322 g/mol. The molecular weight excluding hydrogens is 304 g/mol. The van der Waals surface area contributed by atoms with E-state index in [-0.39, 0.29) is 11.6 Å². The summed E-state index contributed by atoms with van der Waals surface area (Å²) in [6, 6.07) is 18.7.